The lowest BCUT2D eigenvalue weighted by atomic mass is 9.97. The molecule has 0 bridgehead atoms. The topological polar surface area (TPSA) is 75.7 Å². The van der Waals surface area contributed by atoms with Crippen LogP contribution in [0.5, 0.6) is 11.5 Å². The van der Waals surface area contributed by atoms with Gasteiger partial charge in [-0.05, 0) is 49.1 Å². The highest BCUT2D eigenvalue weighted by Crippen LogP contribution is 2.23. The van der Waals surface area contributed by atoms with E-state index in [9.17, 15) is 13.2 Å². The van der Waals surface area contributed by atoms with Crippen LogP contribution in [0.1, 0.15) is 38.2 Å². The lowest BCUT2D eigenvalue weighted by Crippen LogP contribution is -2.43. The van der Waals surface area contributed by atoms with Crippen molar-refractivity contribution in [1.82, 2.24) is 9.62 Å². The van der Waals surface area contributed by atoms with E-state index in [1.54, 1.807) is 0 Å². The lowest BCUT2D eigenvalue weighted by Gasteiger charge is -2.30. The molecule has 0 radical (unpaired) electrons. The number of hydrogen-bond acceptors (Lipinski definition) is 4. The molecule has 6 nitrogen and oxygen atoms in total. The first-order valence-electron chi connectivity index (χ1n) is 10.6. The molecule has 2 aromatic rings. The molecule has 1 amide bonds. The highest BCUT2D eigenvalue weighted by atomic mass is 32.2. The summed E-state index contributed by atoms with van der Waals surface area (Å²) in [5.74, 6) is 1.51. The number of benzene rings is 2. The predicted molar refractivity (Wildman–Crippen MR) is 118 cm³/mol. The number of ether oxygens (including phenoxy) is 1. The second-order valence-electron chi connectivity index (χ2n) is 7.62. The van der Waals surface area contributed by atoms with Gasteiger partial charge in [-0.25, -0.2) is 12.7 Å². The molecule has 2 aromatic carbocycles. The van der Waals surface area contributed by atoms with Crippen molar-refractivity contribution in [2.24, 2.45) is 5.92 Å². The van der Waals surface area contributed by atoms with Gasteiger partial charge in [-0.3, -0.25) is 4.79 Å². The van der Waals surface area contributed by atoms with Gasteiger partial charge in [-0.2, -0.15) is 0 Å². The quantitative estimate of drug-likeness (QED) is 0.654. The number of sulfonamides is 1. The highest BCUT2D eigenvalue weighted by molar-refractivity contribution is 7.89. The van der Waals surface area contributed by atoms with Gasteiger partial charge in [0.05, 0.1) is 5.75 Å². The van der Waals surface area contributed by atoms with E-state index in [-0.39, 0.29) is 17.6 Å². The number of amides is 1. The second-order valence-corrected chi connectivity index (χ2v) is 9.71. The van der Waals surface area contributed by atoms with Gasteiger partial charge >= 0.3 is 0 Å². The largest absolute Gasteiger partial charge is 0.457 e. The van der Waals surface area contributed by atoms with Gasteiger partial charge in [0, 0.05) is 25.6 Å². The summed E-state index contributed by atoms with van der Waals surface area (Å²) in [6.45, 7) is 3.24. The molecule has 0 spiro atoms. The summed E-state index contributed by atoms with van der Waals surface area (Å²) in [5.41, 5.74) is 0.955. The van der Waals surface area contributed by atoms with Gasteiger partial charge in [0.25, 0.3) is 0 Å². The summed E-state index contributed by atoms with van der Waals surface area (Å²) in [5, 5.41) is 2.99. The Morgan fingerprint density at radius 2 is 1.77 bits per heavy atom. The third-order valence-electron chi connectivity index (χ3n) is 5.32. The van der Waals surface area contributed by atoms with E-state index in [2.05, 4.69) is 5.32 Å². The fourth-order valence-corrected chi connectivity index (χ4v) is 5.21. The Balaban J connectivity index is 1.48. The minimum absolute atomic E-state index is 0.0185. The van der Waals surface area contributed by atoms with Crippen molar-refractivity contribution in [2.75, 3.05) is 18.8 Å². The third-order valence-corrected chi connectivity index (χ3v) is 7.27. The number of carbonyl (C=O) groups is 1. The Bertz CT molecular complexity index is 923. The summed E-state index contributed by atoms with van der Waals surface area (Å²) in [7, 11) is -3.19. The molecule has 7 heteroatoms. The molecule has 1 aliphatic rings. The minimum Gasteiger partial charge on any atom is -0.457 e. The average Bonchev–Trinajstić information content (AvgIpc) is 2.77. The van der Waals surface area contributed by atoms with E-state index in [4.69, 9.17) is 4.74 Å². The molecule has 3 rings (SSSR count). The molecule has 1 saturated heterocycles. The summed E-state index contributed by atoms with van der Waals surface area (Å²) in [6.07, 6.45) is 2.66. The first kappa shape index (κ1) is 22.3. The average molecular weight is 431 g/mol. The van der Waals surface area contributed by atoms with Crippen LogP contribution in [0.3, 0.4) is 0 Å². The molecule has 0 aliphatic carbocycles. The zero-order valence-corrected chi connectivity index (χ0v) is 18.2. The number of para-hydroxylation sites is 1. The van der Waals surface area contributed by atoms with E-state index in [1.807, 2.05) is 61.5 Å². The van der Waals surface area contributed by atoms with Crippen LogP contribution in [-0.2, 0) is 21.4 Å². The Labute approximate surface area is 179 Å². The molecule has 162 valence electrons. The number of hydrogen-bond donors (Lipinski definition) is 1. The van der Waals surface area contributed by atoms with Crippen LogP contribution in [-0.4, -0.2) is 37.5 Å². The Morgan fingerprint density at radius 3 is 2.47 bits per heavy atom. The third kappa shape index (κ3) is 6.31. The number of unbranched alkanes of at least 4 members (excludes halogenated alkanes) is 1. The van der Waals surface area contributed by atoms with Crippen LogP contribution in [0.4, 0.5) is 0 Å². The molecule has 0 aromatic heterocycles. The van der Waals surface area contributed by atoms with Crippen molar-refractivity contribution in [3.63, 3.8) is 0 Å². The molecule has 30 heavy (non-hydrogen) atoms. The number of nitrogens with one attached hydrogen (secondary N) is 1. The van der Waals surface area contributed by atoms with E-state index < -0.39 is 10.0 Å². The monoisotopic (exact) mass is 430 g/mol. The Hall–Kier alpha value is -2.38. The molecule has 0 atom stereocenters. The molecule has 1 fully saturated rings. The fraction of sp³-hybridized carbons (Fsp3) is 0.435. The second kappa shape index (κ2) is 10.6. The fourth-order valence-electron chi connectivity index (χ4n) is 3.53. The number of piperidine rings is 1. The normalized spacial score (nSPS) is 15.6. The molecule has 0 unspecified atom stereocenters. The van der Waals surface area contributed by atoms with Gasteiger partial charge in [0.1, 0.15) is 11.5 Å². The van der Waals surface area contributed by atoms with Crippen molar-refractivity contribution in [2.45, 2.75) is 39.2 Å². The standard InChI is InChI=1S/C23H30N2O4S/c1-2-3-16-30(27,28)25-14-12-20(13-15-25)23(26)24-18-19-8-7-11-22(17-19)29-21-9-5-4-6-10-21/h4-11,17,20H,2-3,12-16,18H2,1H3,(H,24,26). The summed E-state index contributed by atoms with van der Waals surface area (Å²) in [4.78, 5) is 12.6. The number of carbonyl (C=O) groups excluding carboxylic acids is 1. The zero-order chi connectivity index (χ0) is 21.4. The SMILES string of the molecule is CCCCS(=O)(=O)N1CCC(C(=O)NCc2cccc(Oc3ccccc3)c2)CC1. The van der Waals surface area contributed by atoms with Gasteiger partial charge in [0.2, 0.25) is 15.9 Å². The van der Waals surface area contributed by atoms with Gasteiger partial charge in [0.15, 0.2) is 0 Å². The molecular weight excluding hydrogens is 400 g/mol. The van der Waals surface area contributed by atoms with E-state index in [0.29, 0.717) is 38.9 Å². The predicted octanol–water partition coefficient (Wildman–Crippen LogP) is 3.94. The zero-order valence-electron chi connectivity index (χ0n) is 17.4. The molecule has 1 heterocycles. The van der Waals surface area contributed by atoms with Crippen molar-refractivity contribution in [3.05, 3.63) is 60.2 Å². The molecule has 1 aliphatic heterocycles. The van der Waals surface area contributed by atoms with E-state index in [0.717, 1.165) is 23.5 Å². The van der Waals surface area contributed by atoms with Gasteiger partial charge < -0.3 is 10.1 Å². The van der Waals surface area contributed by atoms with Crippen molar-refractivity contribution < 1.29 is 17.9 Å². The van der Waals surface area contributed by atoms with Crippen LogP contribution in [0.2, 0.25) is 0 Å². The van der Waals surface area contributed by atoms with Gasteiger partial charge in [-0.15, -0.1) is 0 Å². The molecule has 0 saturated carbocycles. The molecular formula is C23H30N2O4S. The maximum Gasteiger partial charge on any atom is 0.223 e. The number of nitrogens with zero attached hydrogens (tertiary/aromatic N) is 1. The van der Waals surface area contributed by atoms with Crippen LogP contribution in [0.25, 0.3) is 0 Å². The Morgan fingerprint density at radius 1 is 1.07 bits per heavy atom. The van der Waals surface area contributed by atoms with Gasteiger partial charge in [-0.1, -0.05) is 43.7 Å². The van der Waals surface area contributed by atoms with Crippen LogP contribution >= 0.6 is 0 Å². The number of rotatable bonds is 9. The maximum absolute atomic E-state index is 12.6. The summed E-state index contributed by atoms with van der Waals surface area (Å²) in [6, 6.07) is 17.2. The first-order chi connectivity index (χ1) is 14.5. The van der Waals surface area contributed by atoms with E-state index in [1.165, 1.54) is 4.31 Å². The Kier molecular flexibility index (Phi) is 7.87. The lowest BCUT2D eigenvalue weighted by molar-refractivity contribution is -0.126. The smallest absolute Gasteiger partial charge is 0.223 e. The summed E-state index contributed by atoms with van der Waals surface area (Å²) >= 11 is 0. The maximum atomic E-state index is 12.6. The van der Waals surface area contributed by atoms with Crippen molar-refractivity contribution >= 4 is 15.9 Å². The molecule has 1 N–H and O–H groups in total. The first-order valence-corrected chi connectivity index (χ1v) is 12.2. The van der Waals surface area contributed by atoms with Crippen molar-refractivity contribution in [1.29, 1.82) is 0 Å². The van der Waals surface area contributed by atoms with Crippen LogP contribution in [0, 0.1) is 5.92 Å². The highest BCUT2D eigenvalue weighted by Gasteiger charge is 2.30. The van der Waals surface area contributed by atoms with Crippen LogP contribution < -0.4 is 10.1 Å². The van der Waals surface area contributed by atoms with Crippen LogP contribution in [0.15, 0.2) is 54.6 Å². The van der Waals surface area contributed by atoms with Crippen molar-refractivity contribution in [3.8, 4) is 11.5 Å². The minimum atomic E-state index is -3.19. The summed E-state index contributed by atoms with van der Waals surface area (Å²) < 4.78 is 32.0. The van der Waals surface area contributed by atoms with E-state index >= 15 is 0 Å².